The third-order valence-corrected chi connectivity index (χ3v) is 5.16. The number of nitrogens with zero attached hydrogens (tertiary/aromatic N) is 2. The zero-order valence-electron chi connectivity index (χ0n) is 14.8. The molecule has 1 heterocycles. The number of hydrogen-bond acceptors (Lipinski definition) is 4. The summed E-state index contributed by atoms with van der Waals surface area (Å²) < 4.78 is 0. The summed E-state index contributed by atoms with van der Waals surface area (Å²) in [6, 6.07) is 14.0. The number of benzene rings is 2. The first-order valence-corrected chi connectivity index (χ1v) is 9.40. The minimum atomic E-state index is 0.509. The van der Waals surface area contributed by atoms with E-state index in [-0.39, 0.29) is 0 Å². The fourth-order valence-electron chi connectivity index (χ4n) is 2.84. The van der Waals surface area contributed by atoms with Gasteiger partial charge < -0.3 is 5.32 Å². The fraction of sp³-hybridized carbons (Fsp3) is 0.143. The van der Waals surface area contributed by atoms with Crippen molar-refractivity contribution in [3.05, 3.63) is 74.7 Å². The van der Waals surface area contributed by atoms with E-state index in [0.717, 1.165) is 28.1 Å². The van der Waals surface area contributed by atoms with Crippen LogP contribution in [-0.2, 0) is 0 Å². The van der Waals surface area contributed by atoms with Crippen LogP contribution in [0.1, 0.15) is 21.7 Å². The number of aryl methyl sites for hydroxylation is 3. The molecule has 0 amide bonds. The Morgan fingerprint density at radius 2 is 1.81 bits per heavy atom. The summed E-state index contributed by atoms with van der Waals surface area (Å²) in [4.78, 5) is 4.60. The van der Waals surface area contributed by atoms with Gasteiger partial charge in [-0.3, -0.25) is 0 Å². The highest BCUT2D eigenvalue weighted by molar-refractivity contribution is 7.11. The molecule has 5 heteroatoms. The first-order chi connectivity index (χ1) is 12.5. The number of anilines is 1. The smallest absolute Gasteiger partial charge is 0.136 e. The van der Waals surface area contributed by atoms with Gasteiger partial charge in [0.2, 0.25) is 0 Å². The molecule has 2 aromatic carbocycles. The van der Waals surface area contributed by atoms with Gasteiger partial charge in [0.15, 0.2) is 0 Å². The molecule has 1 N–H and O–H groups in total. The van der Waals surface area contributed by atoms with Gasteiger partial charge in [-0.25, -0.2) is 4.98 Å². The van der Waals surface area contributed by atoms with E-state index < -0.39 is 0 Å². The van der Waals surface area contributed by atoms with Gasteiger partial charge >= 0.3 is 0 Å². The van der Waals surface area contributed by atoms with Crippen LogP contribution in [0.5, 0.6) is 0 Å². The molecule has 0 radical (unpaired) electrons. The van der Waals surface area contributed by atoms with E-state index in [2.05, 4.69) is 49.3 Å². The molecule has 0 atom stereocenters. The number of thiazole rings is 1. The lowest BCUT2D eigenvalue weighted by molar-refractivity contribution is 1.31. The summed E-state index contributed by atoms with van der Waals surface area (Å²) in [5.41, 5.74) is 6.88. The van der Waals surface area contributed by atoms with E-state index in [1.165, 1.54) is 16.9 Å². The number of aromatic nitrogens is 1. The molecular formula is C21H18ClN3S. The maximum Gasteiger partial charge on any atom is 0.136 e. The van der Waals surface area contributed by atoms with Gasteiger partial charge in [-0.1, -0.05) is 41.4 Å². The fourth-order valence-corrected chi connectivity index (χ4v) is 3.77. The Balaban J connectivity index is 1.87. The Kier molecular flexibility index (Phi) is 5.41. The highest BCUT2D eigenvalue weighted by atomic mass is 35.5. The Labute approximate surface area is 162 Å². The standard InChI is InChI=1S/C21H18ClN3S/c1-13-8-14(2)20(15(3)9-13)24-11-17(10-23)21-25-19(12-26-21)16-4-6-18(22)7-5-16/h4-9,11-12,24H,1-3H3/b17-11-. The Morgan fingerprint density at radius 3 is 2.42 bits per heavy atom. The van der Waals surface area contributed by atoms with Crippen molar-refractivity contribution in [3.63, 3.8) is 0 Å². The molecule has 3 nitrogen and oxygen atoms in total. The van der Waals surface area contributed by atoms with E-state index in [1.807, 2.05) is 29.6 Å². The summed E-state index contributed by atoms with van der Waals surface area (Å²) in [6.07, 6.45) is 1.73. The van der Waals surface area contributed by atoms with Gasteiger partial charge in [0.1, 0.15) is 16.6 Å². The summed E-state index contributed by atoms with van der Waals surface area (Å²) in [7, 11) is 0. The van der Waals surface area contributed by atoms with Crippen molar-refractivity contribution in [2.45, 2.75) is 20.8 Å². The van der Waals surface area contributed by atoms with Crippen molar-refractivity contribution in [2.75, 3.05) is 5.32 Å². The average molecular weight is 380 g/mol. The van der Waals surface area contributed by atoms with Gasteiger partial charge in [-0.15, -0.1) is 11.3 Å². The molecule has 0 aliphatic carbocycles. The van der Waals surface area contributed by atoms with Crippen LogP contribution in [0.15, 0.2) is 48.0 Å². The second-order valence-electron chi connectivity index (χ2n) is 6.13. The van der Waals surface area contributed by atoms with Crippen molar-refractivity contribution in [2.24, 2.45) is 0 Å². The van der Waals surface area contributed by atoms with Crippen LogP contribution in [0.4, 0.5) is 5.69 Å². The lowest BCUT2D eigenvalue weighted by Gasteiger charge is -2.11. The Morgan fingerprint density at radius 1 is 1.15 bits per heavy atom. The van der Waals surface area contributed by atoms with Crippen LogP contribution in [0, 0.1) is 32.1 Å². The third-order valence-electron chi connectivity index (χ3n) is 4.03. The van der Waals surface area contributed by atoms with Crippen molar-refractivity contribution in [3.8, 4) is 17.3 Å². The molecule has 0 aliphatic heterocycles. The minimum absolute atomic E-state index is 0.509. The van der Waals surface area contributed by atoms with E-state index in [9.17, 15) is 5.26 Å². The molecule has 26 heavy (non-hydrogen) atoms. The van der Waals surface area contributed by atoms with E-state index in [0.29, 0.717) is 15.6 Å². The average Bonchev–Trinajstić information content (AvgIpc) is 3.07. The molecule has 130 valence electrons. The van der Waals surface area contributed by atoms with Crippen LogP contribution in [0.3, 0.4) is 0 Å². The Bertz CT molecular complexity index is 987. The number of rotatable bonds is 4. The lowest BCUT2D eigenvalue weighted by Crippen LogP contribution is -1.97. The van der Waals surface area contributed by atoms with Crippen molar-refractivity contribution < 1.29 is 0 Å². The molecule has 0 spiro atoms. The molecule has 3 aromatic rings. The topological polar surface area (TPSA) is 48.7 Å². The maximum atomic E-state index is 9.55. The van der Waals surface area contributed by atoms with Crippen molar-refractivity contribution in [1.29, 1.82) is 5.26 Å². The third kappa shape index (κ3) is 3.96. The van der Waals surface area contributed by atoms with E-state index in [4.69, 9.17) is 11.6 Å². The van der Waals surface area contributed by atoms with Gasteiger partial charge in [-0.2, -0.15) is 5.26 Å². The molecule has 0 saturated heterocycles. The largest absolute Gasteiger partial charge is 0.360 e. The van der Waals surface area contributed by atoms with Crippen LogP contribution in [0.2, 0.25) is 5.02 Å². The first-order valence-electron chi connectivity index (χ1n) is 8.14. The predicted molar refractivity (Wildman–Crippen MR) is 110 cm³/mol. The monoisotopic (exact) mass is 379 g/mol. The van der Waals surface area contributed by atoms with Crippen LogP contribution in [0.25, 0.3) is 16.8 Å². The predicted octanol–water partition coefficient (Wildman–Crippen LogP) is 6.37. The van der Waals surface area contributed by atoms with Crippen molar-refractivity contribution >= 4 is 34.2 Å². The van der Waals surface area contributed by atoms with Crippen LogP contribution >= 0.6 is 22.9 Å². The Hall–Kier alpha value is -2.61. The number of nitriles is 1. The molecule has 0 unspecified atom stereocenters. The van der Waals surface area contributed by atoms with Gasteiger partial charge in [0.25, 0.3) is 0 Å². The first kappa shape index (κ1) is 18.2. The SMILES string of the molecule is Cc1cc(C)c(N/C=C(/C#N)c2nc(-c3ccc(Cl)cc3)cs2)c(C)c1. The summed E-state index contributed by atoms with van der Waals surface area (Å²) in [5.74, 6) is 0. The molecule has 0 saturated carbocycles. The van der Waals surface area contributed by atoms with Crippen molar-refractivity contribution in [1.82, 2.24) is 4.98 Å². The van der Waals surface area contributed by atoms with Gasteiger partial charge in [0.05, 0.1) is 5.69 Å². The minimum Gasteiger partial charge on any atom is -0.360 e. The zero-order valence-corrected chi connectivity index (χ0v) is 16.4. The lowest BCUT2D eigenvalue weighted by atomic mass is 10.1. The van der Waals surface area contributed by atoms with Gasteiger partial charge in [0, 0.05) is 27.9 Å². The van der Waals surface area contributed by atoms with Crippen LogP contribution < -0.4 is 5.32 Å². The highest BCUT2D eigenvalue weighted by Crippen LogP contribution is 2.28. The number of nitrogens with one attached hydrogen (secondary N) is 1. The highest BCUT2D eigenvalue weighted by Gasteiger charge is 2.10. The molecular weight excluding hydrogens is 362 g/mol. The molecule has 3 rings (SSSR count). The van der Waals surface area contributed by atoms with Gasteiger partial charge in [-0.05, 0) is 44.0 Å². The second kappa shape index (κ2) is 7.74. The molecule has 0 fully saturated rings. The summed E-state index contributed by atoms with van der Waals surface area (Å²) in [5, 5.41) is 16.2. The summed E-state index contributed by atoms with van der Waals surface area (Å²) >= 11 is 7.39. The van der Waals surface area contributed by atoms with Crippen LogP contribution in [-0.4, -0.2) is 4.98 Å². The quantitative estimate of drug-likeness (QED) is 0.536. The number of hydrogen-bond donors (Lipinski definition) is 1. The number of halogens is 1. The van der Waals surface area contributed by atoms with E-state index >= 15 is 0 Å². The normalized spacial score (nSPS) is 11.3. The maximum absolute atomic E-state index is 9.55. The summed E-state index contributed by atoms with van der Waals surface area (Å²) in [6.45, 7) is 6.20. The number of allylic oxidation sites excluding steroid dienone is 1. The molecule has 0 aliphatic rings. The zero-order chi connectivity index (χ0) is 18.7. The molecule has 1 aromatic heterocycles. The molecule has 0 bridgehead atoms. The second-order valence-corrected chi connectivity index (χ2v) is 7.43. The van der Waals surface area contributed by atoms with E-state index in [1.54, 1.807) is 6.20 Å².